The normalized spacial score (nSPS) is 12.5. The lowest BCUT2D eigenvalue weighted by Gasteiger charge is -2.20. The van der Waals surface area contributed by atoms with Crippen LogP contribution in [-0.2, 0) is 10.0 Å². The van der Waals surface area contributed by atoms with Gasteiger partial charge < -0.3 is 0 Å². The average molecular weight is 400 g/mol. The second kappa shape index (κ2) is 7.87. The van der Waals surface area contributed by atoms with Crippen LogP contribution in [0.4, 0.5) is 10.1 Å². The summed E-state index contributed by atoms with van der Waals surface area (Å²) in [6.07, 6.45) is 0. The highest BCUT2D eigenvalue weighted by molar-refractivity contribution is 7.89. The molecular formula is C20H17FN2O4S. The van der Waals surface area contributed by atoms with Crippen LogP contribution in [0.1, 0.15) is 22.7 Å². The molecule has 0 unspecified atom stereocenters. The van der Waals surface area contributed by atoms with E-state index < -0.39 is 32.5 Å². The van der Waals surface area contributed by atoms with Gasteiger partial charge in [-0.3, -0.25) is 10.1 Å². The summed E-state index contributed by atoms with van der Waals surface area (Å²) in [5, 5.41) is 10.9. The summed E-state index contributed by atoms with van der Waals surface area (Å²) in [5.74, 6) is -1.10. The number of benzene rings is 3. The Morgan fingerprint density at radius 3 is 2.18 bits per heavy atom. The summed E-state index contributed by atoms with van der Waals surface area (Å²) < 4.78 is 41.9. The minimum atomic E-state index is -4.16. The Kier molecular flexibility index (Phi) is 5.53. The van der Waals surface area contributed by atoms with Gasteiger partial charge in [0.05, 0.1) is 15.9 Å². The minimum Gasteiger partial charge on any atom is -0.258 e. The van der Waals surface area contributed by atoms with Crippen LogP contribution in [0, 0.1) is 22.9 Å². The molecule has 0 fully saturated rings. The Hall–Kier alpha value is -3.10. The maximum atomic E-state index is 13.6. The summed E-state index contributed by atoms with van der Waals surface area (Å²) >= 11 is 0. The average Bonchev–Trinajstić information content (AvgIpc) is 2.67. The van der Waals surface area contributed by atoms with Crippen molar-refractivity contribution in [1.82, 2.24) is 4.72 Å². The summed E-state index contributed by atoms with van der Waals surface area (Å²) in [7, 11) is -4.16. The van der Waals surface area contributed by atoms with Crippen molar-refractivity contribution in [1.29, 1.82) is 0 Å². The SMILES string of the molecule is Cc1ccc([C@@H](NS(=O)(=O)c2ccc(F)c([N+](=O)[O-])c2)c2ccccc2)cc1. The molecule has 0 bridgehead atoms. The third kappa shape index (κ3) is 4.24. The molecule has 3 rings (SSSR count). The highest BCUT2D eigenvalue weighted by atomic mass is 32.2. The zero-order valence-corrected chi connectivity index (χ0v) is 15.7. The summed E-state index contributed by atoms with van der Waals surface area (Å²) in [4.78, 5) is 9.61. The highest BCUT2D eigenvalue weighted by Crippen LogP contribution is 2.27. The van der Waals surface area contributed by atoms with Gasteiger partial charge in [-0.1, -0.05) is 60.2 Å². The molecule has 3 aromatic rings. The fourth-order valence-electron chi connectivity index (χ4n) is 2.76. The quantitative estimate of drug-likeness (QED) is 0.498. The van der Waals surface area contributed by atoms with E-state index in [0.29, 0.717) is 11.1 Å². The number of halogens is 1. The largest absolute Gasteiger partial charge is 0.306 e. The molecule has 0 aliphatic heterocycles. The second-order valence-corrected chi connectivity index (χ2v) is 7.96. The van der Waals surface area contributed by atoms with Crippen LogP contribution in [0.5, 0.6) is 0 Å². The Balaban J connectivity index is 2.04. The molecule has 1 N–H and O–H groups in total. The van der Waals surface area contributed by atoms with Gasteiger partial charge in [-0.05, 0) is 30.2 Å². The standard InChI is InChI=1S/C20H17FN2O4S/c1-14-7-9-16(10-8-14)20(15-5-3-2-4-6-15)22-28(26,27)17-11-12-18(21)19(13-17)23(24)25/h2-13,20,22H,1H3/t20-/m0/s1. The van der Waals surface area contributed by atoms with Gasteiger partial charge in [-0.2, -0.15) is 9.11 Å². The molecule has 144 valence electrons. The molecule has 3 aromatic carbocycles. The number of nitro groups is 1. The van der Waals surface area contributed by atoms with Gasteiger partial charge in [-0.15, -0.1) is 0 Å². The fourth-order valence-corrected chi connectivity index (χ4v) is 3.99. The third-order valence-corrected chi connectivity index (χ3v) is 5.66. The van der Waals surface area contributed by atoms with Crippen molar-refractivity contribution >= 4 is 15.7 Å². The molecule has 0 heterocycles. The van der Waals surface area contributed by atoms with Gasteiger partial charge >= 0.3 is 5.69 Å². The minimum absolute atomic E-state index is 0.381. The van der Waals surface area contributed by atoms with Crippen LogP contribution < -0.4 is 4.72 Å². The van der Waals surface area contributed by atoms with Crippen LogP contribution in [0.2, 0.25) is 0 Å². The van der Waals surface area contributed by atoms with Crippen molar-refractivity contribution in [2.45, 2.75) is 17.9 Å². The van der Waals surface area contributed by atoms with E-state index in [1.54, 1.807) is 24.3 Å². The first-order valence-electron chi connectivity index (χ1n) is 8.36. The first-order chi connectivity index (χ1) is 13.3. The maximum Gasteiger partial charge on any atom is 0.306 e. The van der Waals surface area contributed by atoms with Crippen molar-refractivity contribution in [3.05, 3.63) is 105 Å². The topological polar surface area (TPSA) is 89.3 Å². The molecule has 0 aromatic heterocycles. The molecule has 8 heteroatoms. The van der Waals surface area contributed by atoms with E-state index in [2.05, 4.69) is 4.72 Å². The van der Waals surface area contributed by atoms with Crippen LogP contribution in [0.25, 0.3) is 0 Å². The Morgan fingerprint density at radius 2 is 1.57 bits per heavy atom. The lowest BCUT2D eigenvalue weighted by molar-refractivity contribution is -0.387. The number of nitro benzene ring substituents is 1. The highest BCUT2D eigenvalue weighted by Gasteiger charge is 2.26. The molecule has 0 saturated carbocycles. The summed E-state index contributed by atoms with van der Waals surface area (Å²) in [5.41, 5.74) is 1.53. The molecule has 0 amide bonds. The number of hydrogen-bond donors (Lipinski definition) is 1. The molecule has 0 radical (unpaired) electrons. The molecular weight excluding hydrogens is 383 g/mol. The van der Waals surface area contributed by atoms with E-state index in [-0.39, 0.29) is 4.90 Å². The van der Waals surface area contributed by atoms with Gasteiger partial charge in [-0.25, -0.2) is 8.42 Å². The molecule has 6 nitrogen and oxygen atoms in total. The molecule has 0 spiro atoms. The number of nitrogens with zero attached hydrogens (tertiary/aromatic N) is 1. The Morgan fingerprint density at radius 1 is 0.964 bits per heavy atom. The van der Waals surface area contributed by atoms with E-state index in [1.807, 2.05) is 37.3 Å². The summed E-state index contributed by atoms with van der Waals surface area (Å²) in [6, 6.07) is 18.1. The zero-order valence-electron chi connectivity index (χ0n) is 14.9. The smallest absolute Gasteiger partial charge is 0.258 e. The monoisotopic (exact) mass is 400 g/mol. The first-order valence-corrected chi connectivity index (χ1v) is 9.84. The van der Waals surface area contributed by atoms with E-state index in [0.717, 1.165) is 23.8 Å². The van der Waals surface area contributed by atoms with Gasteiger partial charge in [0.2, 0.25) is 15.8 Å². The van der Waals surface area contributed by atoms with Gasteiger partial charge in [0.15, 0.2) is 0 Å². The predicted molar refractivity (Wildman–Crippen MR) is 103 cm³/mol. The Labute approximate surface area is 161 Å². The van der Waals surface area contributed by atoms with Crippen molar-refractivity contribution < 1.29 is 17.7 Å². The van der Waals surface area contributed by atoms with Crippen molar-refractivity contribution in [2.24, 2.45) is 0 Å². The lowest BCUT2D eigenvalue weighted by Crippen LogP contribution is -2.29. The molecule has 0 aliphatic rings. The van der Waals surface area contributed by atoms with Crippen LogP contribution >= 0.6 is 0 Å². The van der Waals surface area contributed by atoms with Crippen molar-refractivity contribution in [3.63, 3.8) is 0 Å². The van der Waals surface area contributed by atoms with E-state index in [1.165, 1.54) is 0 Å². The zero-order chi connectivity index (χ0) is 20.3. The lowest BCUT2D eigenvalue weighted by atomic mass is 9.99. The van der Waals surface area contributed by atoms with Crippen LogP contribution in [0.15, 0.2) is 77.7 Å². The number of rotatable bonds is 6. The Bertz CT molecular complexity index is 1100. The molecule has 28 heavy (non-hydrogen) atoms. The molecule has 0 saturated heterocycles. The van der Waals surface area contributed by atoms with E-state index in [9.17, 15) is 22.9 Å². The molecule has 0 aliphatic carbocycles. The number of nitrogens with one attached hydrogen (secondary N) is 1. The van der Waals surface area contributed by atoms with Crippen LogP contribution in [-0.4, -0.2) is 13.3 Å². The van der Waals surface area contributed by atoms with Gasteiger partial charge in [0, 0.05) is 6.07 Å². The van der Waals surface area contributed by atoms with Crippen molar-refractivity contribution in [2.75, 3.05) is 0 Å². The van der Waals surface area contributed by atoms with E-state index in [4.69, 9.17) is 0 Å². The number of hydrogen-bond acceptors (Lipinski definition) is 4. The third-order valence-electron chi connectivity index (χ3n) is 4.24. The van der Waals surface area contributed by atoms with Crippen molar-refractivity contribution in [3.8, 4) is 0 Å². The van der Waals surface area contributed by atoms with Gasteiger partial charge in [0.1, 0.15) is 0 Å². The predicted octanol–water partition coefficient (Wildman–Crippen LogP) is 4.11. The van der Waals surface area contributed by atoms with Crippen LogP contribution in [0.3, 0.4) is 0 Å². The van der Waals surface area contributed by atoms with E-state index >= 15 is 0 Å². The van der Waals surface area contributed by atoms with Gasteiger partial charge in [0.25, 0.3) is 0 Å². The number of sulfonamides is 1. The summed E-state index contributed by atoms with van der Waals surface area (Å²) in [6.45, 7) is 1.92. The first kappa shape index (κ1) is 19.7. The fraction of sp³-hybridized carbons (Fsp3) is 0.100. The number of aryl methyl sites for hydroxylation is 1. The second-order valence-electron chi connectivity index (χ2n) is 6.25. The maximum absolute atomic E-state index is 13.6. The molecule has 1 atom stereocenters.